The van der Waals surface area contributed by atoms with Crippen molar-refractivity contribution in [2.75, 3.05) is 25.6 Å². The number of pyridine rings is 1. The van der Waals surface area contributed by atoms with Crippen molar-refractivity contribution in [3.05, 3.63) is 66.0 Å². The molecule has 3 heterocycles. The summed E-state index contributed by atoms with van der Waals surface area (Å²) in [6, 6.07) is 16.9. The highest BCUT2D eigenvalue weighted by Crippen LogP contribution is 2.36. The van der Waals surface area contributed by atoms with E-state index in [2.05, 4.69) is 52.4 Å². The Balaban J connectivity index is 1.38. The minimum Gasteiger partial charge on any atom is -0.396 e. The van der Waals surface area contributed by atoms with Crippen molar-refractivity contribution in [3.63, 3.8) is 0 Å². The Kier molecular flexibility index (Phi) is 7.84. The van der Waals surface area contributed by atoms with Crippen LogP contribution in [0.1, 0.15) is 49.3 Å². The molecule has 3 aromatic rings. The van der Waals surface area contributed by atoms with Gasteiger partial charge in [0.05, 0.1) is 28.8 Å². The fourth-order valence-corrected chi connectivity index (χ4v) is 6.59. The molecule has 0 radical (unpaired) electrons. The highest BCUT2D eigenvalue weighted by molar-refractivity contribution is 7.99. The maximum absolute atomic E-state index is 12.6. The second-order valence-corrected chi connectivity index (χ2v) is 12.1. The molecule has 2 aromatic heterocycles. The number of aromatic nitrogens is 2. The molecular formula is C27H32N2O3S2. The second kappa shape index (κ2) is 11.2. The molecule has 5 rings (SSSR count). The quantitative estimate of drug-likeness (QED) is 0.369. The fourth-order valence-electron chi connectivity index (χ4n) is 4.62. The summed E-state index contributed by atoms with van der Waals surface area (Å²) in [5.41, 5.74) is 4.38. The van der Waals surface area contributed by atoms with E-state index in [4.69, 9.17) is 9.84 Å². The van der Waals surface area contributed by atoms with Gasteiger partial charge in [-0.15, -0.1) is 11.8 Å². The number of hydrogen-bond acceptors (Lipinski definition) is 5. The third-order valence-electron chi connectivity index (χ3n) is 6.71. The minimum atomic E-state index is -0.870. The number of aromatic amines is 1. The molecule has 1 saturated heterocycles. The molecule has 7 heteroatoms. The number of rotatable bonds is 10. The van der Waals surface area contributed by atoms with E-state index in [1.807, 2.05) is 12.3 Å². The fraction of sp³-hybridized carbons (Fsp3) is 0.444. The summed E-state index contributed by atoms with van der Waals surface area (Å²) in [4.78, 5) is 10.3. The molecule has 0 amide bonds. The third-order valence-corrected chi connectivity index (χ3v) is 9.48. The van der Waals surface area contributed by atoms with E-state index in [9.17, 15) is 4.21 Å². The monoisotopic (exact) mass is 496 g/mol. The van der Waals surface area contributed by atoms with Gasteiger partial charge in [0, 0.05) is 51.8 Å². The van der Waals surface area contributed by atoms with Crippen molar-refractivity contribution in [3.8, 4) is 11.4 Å². The molecule has 180 valence electrons. The van der Waals surface area contributed by atoms with Crippen molar-refractivity contribution < 1.29 is 14.1 Å². The zero-order chi connectivity index (χ0) is 23.3. The van der Waals surface area contributed by atoms with Crippen LogP contribution < -0.4 is 0 Å². The Morgan fingerprint density at radius 2 is 1.85 bits per heavy atom. The van der Waals surface area contributed by atoms with Gasteiger partial charge in [0.15, 0.2) is 0 Å². The lowest BCUT2D eigenvalue weighted by molar-refractivity contribution is 0.0626. The van der Waals surface area contributed by atoms with E-state index >= 15 is 0 Å². The van der Waals surface area contributed by atoms with Crippen LogP contribution in [0.4, 0.5) is 0 Å². The number of nitrogens with zero attached hydrogens (tertiary/aromatic N) is 1. The van der Waals surface area contributed by atoms with Gasteiger partial charge in [-0.3, -0.25) is 9.19 Å². The Labute approximate surface area is 208 Å². The summed E-state index contributed by atoms with van der Waals surface area (Å²) < 4.78 is 18.2. The summed E-state index contributed by atoms with van der Waals surface area (Å²) >= 11 is 1.61. The molecule has 1 aliphatic heterocycles. The summed E-state index contributed by atoms with van der Waals surface area (Å²) in [6.07, 6.45) is 7.31. The van der Waals surface area contributed by atoms with Gasteiger partial charge in [-0.25, -0.2) is 0 Å². The molecule has 1 aliphatic carbocycles. The number of hydrogen-bond donors (Lipinski definition) is 2. The summed E-state index contributed by atoms with van der Waals surface area (Å²) in [7, 11) is -0.870. The van der Waals surface area contributed by atoms with Crippen molar-refractivity contribution in [2.45, 2.75) is 53.1 Å². The van der Waals surface area contributed by atoms with E-state index in [0.29, 0.717) is 16.9 Å². The SMILES string of the molecule is O=S(c1ccc(C(CC2CCOCC2)c2ccc(-c3ccc(SCCO)cn3)[nH]2)cc1)C1CC1. The van der Waals surface area contributed by atoms with Crippen LogP contribution in [-0.4, -0.2) is 50.1 Å². The summed E-state index contributed by atoms with van der Waals surface area (Å²) in [5, 5.41) is 9.38. The first kappa shape index (κ1) is 23.8. The van der Waals surface area contributed by atoms with Crippen LogP contribution in [0.2, 0.25) is 0 Å². The molecule has 1 saturated carbocycles. The lowest BCUT2D eigenvalue weighted by Crippen LogP contribution is -2.18. The molecule has 0 bridgehead atoms. The predicted octanol–water partition coefficient (Wildman–Crippen LogP) is 5.38. The predicted molar refractivity (Wildman–Crippen MR) is 138 cm³/mol. The largest absolute Gasteiger partial charge is 0.396 e. The maximum Gasteiger partial charge on any atom is 0.0865 e. The van der Waals surface area contributed by atoms with E-state index in [-0.39, 0.29) is 12.5 Å². The Hall–Kier alpha value is -1.93. The van der Waals surface area contributed by atoms with Crippen molar-refractivity contribution in [1.29, 1.82) is 0 Å². The van der Waals surface area contributed by atoms with E-state index in [1.165, 1.54) is 11.3 Å². The van der Waals surface area contributed by atoms with Gasteiger partial charge in [-0.2, -0.15) is 0 Å². The average Bonchev–Trinajstić information content (AvgIpc) is 3.63. The van der Waals surface area contributed by atoms with E-state index in [0.717, 1.165) is 66.5 Å². The topological polar surface area (TPSA) is 75.2 Å². The first-order chi connectivity index (χ1) is 16.7. The van der Waals surface area contributed by atoms with Gasteiger partial charge in [-0.05, 0) is 80.0 Å². The number of H-pyrrole nitrogens is 1. The van der Waals surface area contributed by atoms with Crippen LogP contribution in [-0.2, 0) is 15.5 Å². The number of nitrogens with one attached hydrogen (secondary N) is 1. The van der Waals surface area contributed by atoms with Gasteiger partial charge in [0.2, 0.25) is 0 Å². The van der Waals surface area contributed by atoms with E-state index in [1.54, 1.807) is 11.8 Å². The Bertz CT molecular complexity index is 1090. The first-order valence-corrected chi connectivity index (χ1v) is 14.4. The van der Waals surface area contributed by atoms with Crippen LogP contribution in [0.3, 0.4) is 0 Å². The second-order valence-electron chi connectivity index (χ2n) is 9.19. The standard InChI is InChI=1S/C27H32N2O3S2/c30-13-16-33-21-3-8-26(28-18-21)27-10-9-25(29-27)24(17-19-11-14-32-15-12-19)20-1-4-22(5-2-20)34(31)23-6-7-23/h1-5,8-10,18-19,23-24,29-30H,6-7,11-17H2. The number of aliphatic hydroxyl groups excluding tert-OH is 1. The molecule has 2 unspecified atom stereocenters. The zero-order valence-electron chi connectivity index (χ0n) is 19.3. The molecule has 0 spiro atoms. The van der Waals surface area contributed by atoms with Gasteiger partial charge in [0.1, 0.15) is 0 Å². The van der Waals surface area contributed by atoms with Gasteiger partial charge >= 0.3 is 0 Å². The van der Waals surface area contributed by atoms with Crippen LogP contribution >= 0.6 is 11.8 Å². The molecule has 34 heavy (non-hydrogen) atoms. The normalized spacial score (nSPS) is 18.6. The molecule has 1 aromatic carbocycles. The lowest BCUT2D eigenvalue weighted by Gasteiger charge is -2.27. The number of benzene rings is 1. The Morgan fingerprint density at radius 3 is 2.53 bits per heavy atom. The number of thioether (sulfide) groups is 1. The van der Waals surface area contributed by atoms with E-state index < -0.39 is 10.8 Å². The molecular weight excluding hydrogens is 464 g/mol. The number of ether oxygens (including phenoxy) is 1. The van der Waals surface area contributed by atoms with Crippen molar-refractivity contribution >= 4 is 22.6 Å². The zero-order valence-corrected chi connectivity index (χ0v) is 21.0. The minimum absolute atomic E-state index is 0.165. The van der Waals surface area contributed by atoms with Gasteiger partial charge in [0.25, 0.3) is 0 Å². The van der Waals surface area contributed by atoms with Crippen LogP contribution in [0, 0.1) is 5.92 Å². The molecule has 5 nitrogen and oxygen atoms in total. The first-order valence-electron chi connectivity index (χ1n) is 12.2. The van der Waals surface area contributed by atoms with Gasteiger partial charge in [-0.1, -0.05) is 12.1 Å². The average molecular weight is 497 g/mol. The van der Waals surface area contributed by atoms with Crippen molar-refractivity contribution in [2.24, 2.45) is 5.92 Å². The van der Waals surface area contributed by atoms with Crippen LogP contribution in [0.5, 0.6) is 0 Å². The Morgan fingerprint density at radius 1 is 1.06 bits per heavy atom. The highest BCUT2D eigenvalue weighted by atomic mass is 32.2. The van der Waals surface area contributed by atoms with Crippen LogP contribution in [0.25, 0.3) is 11.4 Å². The highest BCUT2D eigenvalue weighted by Gasteiger charge is 2.29. The molecule has 2 aliphatic rings. The number of aliphatic hydroxyl groups is 1. The maximum atomic E-state index is 12.6. The third kappa shape index (κ3) is 5.82. The summed E-state index contributed by atoms with van der Waals surface area (Å²) in [5.74, 6) is 1.56. The van der Waals surface area contributed by atoms with Gasteiger partial charge < -0.3 is 14.8 Å². The van der Waals surface area contributed by atoms with Crippen molar-refractivity contribution in [1.82, 2.24) is 9.97 Å². The molecule has 2 fully saturated rings. The molecule has 2 N–H and O–H groups in total. The smallest absolute Gasteiger partial charge is 0.0865 e. The summed E-state index contributed by atoms with van der Waals surface area (Å²) in [6.45, 7) is 1.85. The van der Waals surface area contributed by atoms with Crippen LogP contribution in [0.15, 0.2) is 64.5 Å². The lowest BCUT2D eigenvalue weighted by atomic mass is 9.83. The molecule has 2 atom stereocenters.